The fourth-order valence-electron chi connectivity index (χ4n) is 1.80. The molecule has 0 aliphatic heterocycles. The van der Waals surface area contributed by atoms with Gasteiger partial charge in [-0.25, -0.2) is 4.79 Å². The summed E-state index contributed by atoms with van der Waals surface area (Å²) in [5.41, 5.74) is -0.567. The summed E-state index contributed by atoms with van der Waals surface area (Å²) in [4.78, 5) is 25.9. The number of alkyl carbamates (subject to hydrolysis) is 1. The second-order valence-corrected chi connectivity index (χ2v) is 6.27. The van der Waals surface area contributed by atoms with Crippen LogP contribution in [-0.2, 0) is 9.53 Å². The second-order valence-electron chi connectivity index (χ2n) is 6.27. The maximum atomic E-state index is 12.4. The predicted molar refractivity (Wildman–Crippen MR) is 80.5 cm³/mol. The largest absolute Gasteiger partial charge is 0.444 e. The van der Waals surface area contributed by atoms with Gasteiger partial charge in [0.2, 0.25) is 5.91 Å². The lowest BCUT2D eigenvalue weighted by atomic mass is 9.98. The van der Waals surface area contributed by atoms with Crippen LogP contribution < -0.4 is 5.32 Å². The minimum atomic E-state index is -0.567. The van der Waals surface area contributed by atoms with E-state index in [4.69, 9.17) is 4.74 Å². The van der Waals surface area contributed by atoms with Crippen LogP contribution in [0.4, 0.5) is 4.79 Å². The third-order valence-corrected chi connectivity index (χ3v) is 3.09. The number of hydrogen-bond acceptors (Lipinski definition) is 3. The number of carbonyl (C=O) groups is 2. The van der Waals surface area contributed by atoms with Gasteiger partial charge in [0.05, 0.1) is 0 Å². The predicted octanol–water partition coefficient (Wildman–Crippen LogP) is 2.79. The average Bonchev–Trinajstić information content (AvgIpc) is 2.32. The molecule has 5 heteroatoms. The Hall–Kier alpha value is -1.26. The lowest BCUT2D eigenvalue weighted by Gasteiger charge is -2.29. The highest BCUT2D eigenvalue weighted by molar-refractivity contribution is 5.85. The summed E-state index contributed by atoms with van der Waals surface area (Å²) in [6.45, 7) is 12.1. The molecule has 0 aromatic heterocycles. The molecule has 0 aromatic rings. The molecule has 2 amide bonds. The van der Waals surface area contributed by atoms with Gasteiger partial charge in [-0.3, -0.25) is 4.79 Å². The molecule has 2 unspecified atom stereocenters. The number of nitrogens with one attached hydrogen (secondary N) is 1. The zero-order valence-corrected chi connectivity index (χ0v) is 13.9. The Morgan fingerprint density at radius 2 is 1.80 bits per heavy atom. The van der Waals surface area contributed by atoms with Crippen LogP contribution in [-0.4, -0.2) is 42.1 Å². The number of hydrogen-bond donors (Lipinski definition) is 1. The smallest absolute Gasteiger partial charge is 0.408 e. The first-order valence-electron chi connectivity index (χ1n) is 7.36. The third kappa shape index (κ3) is 6.78. The summed E-state index contributed by atoms with van der Waals surface area (Å²) in [5, 5.41) is 2.71. The zero-order chi connectivity index (χ0) is 15.9. The highest BCUT2D eigenvalue weighted by atomic mass is 16.6. The molecule has 118 valence electrons. The van der Waals surface area contributed by atoms with Gasteiger partial charge >= 0.3 is 6.09 Å². The number of likely N-dealkylation sites (N-methyl/N-ethyl adjacent to an activating group) is 1. The van der Waals surface area contributed by atoms with Crippen LogP contribution >= 0.6 is 0 Å². The SMILES string of the molecule is CCCN(C)C(=O)C(NC(=O)OC(C)(C)C)C(C)CC. The van der Waals surface area contributed by atoms with E-state index in [2.05, 4.69) is 5.32 Å². The van der Waals surface area contributed by atoms with Crippen LogP contribution in [0.3, 0.4) is 0 Å². The molecule has 1 N–H and O–H groups in total. The van der Waals surface area contributed by atoms with Crippen LogP contribution in [0.5, 0.6) is 0 Å². The van der Waals surface area contributed by atoms with Gasteiger partial charge in [0.25, 0.3) is 0 Å². The van der Waals surface area contributed by atoms with E-state index >= 15 is 0 Å². The molecule has 0 bridgehead atoms. The van der Waals surface area contributed by atoms with Gasteiger partial charge in [-0.15, -0.1) is 0 Å². The van der Waals surface area contributed by atoms with Crippen molar-refractivity contribution in [2.24, 2.45) is 5.92 Å². The van der Waals surface area contributed by atoms with Crippen molar-refractivity contribution in [3.8, 4) is 0 Å². The van der Waals surface area contributed by atoms with Crippen molar-refractivity contribution in [2.75, 3.05) is 13.6 Å². The van der Waals surface area contributed by atoms with Gasteiger partial charge in [-0.1, -0.05) is 27.2 Å². The van der Waals surface area contributed by atoms with E-state index in [0.29, 0.717) is 6.54 Å². The Labute approximate surface area is 123 Å². The van der Waals surface area contributed by atoms with E-state index in [-0.39, 0.29) is 11.8 Å². The topological polar surface area (TPSA) is 58.6 Å². The minimum absolute atomic E-state index is 0.0629. The Kier molecular flexibility index (Phi) is 7.61. The van der Waals surface area contributed by atoms with Gasteiger partial charge in [0.1, 0.15) is 11.6 Å². The molecule has 0 aliphatic rings. The van der Waals surface area contributed by atoms with Gasteiger partial charge in [0.15, 0.2) is 0 Å². The minimum Gasteiger partial charge on any atom is -0.444 e. The molecular weight excluding hydrogens is 256 g/mol. The standard InChI is InChI=1S/C15H30N2O3/c1-8-10-17(7)13(18)12(11(3)9-2)16-14(19)20-15(4,5)6/h11-12H,8-10H2,1-7H3,(H,16,19). The lowest BCUT2D eigenvalue weighted by Crippen LogP contribution is -2.51. The summed E-state index contributed by atoms with van der Waals surface area (Å²) in [7, 11) is 1.76. The number of carbonyl (C=O) groups excluding carboxylic acids is 2. The van der Waals surface area contributed by atoms with Gasteiger partial charge in [-0.05, 0) is 33.1 Å². The van der Waals surface area contributed by atoms with E-state index in [1.807, 2.05) is 20.8 Å². The van der Waals surface area contributed by atoms with E-state index in [1.54, 1.807) is 32.7 Å². The van der Waals surface area contributed by atoms with E-state index in [0.717, 1.165) is 12.8 Å². The molecule has 5 nitrogen and oxygen atoms in total. The monoisotopic (exact) mass is 286 g/mol. The van der Waals surface area contributed by atoms with Crippen LogP contribution in [0.15, 0.2) is 0 Å². The Morgan fingerprint density at radius 3 is 2.20 bits per heavy atom. The maximum absolute atomic E-state index is 12.4. The van der Waals surface area contributed by atoms with Crippen molar-refractivity contribution in [1.29, 1.82) is 0 Å². The van der Waals surface area contributed by atoms with E-state index in [9.17, 15) is 9.59 Å². The molecule has 0 saturated carbocycles. The fraction of sp³-hybridized carbons (Fsp3) is 0.867. The number of nitrogens with zero attached hydrogens (tertiary/aromatic N) is 1. The molecule has 0 heterocycles. The van der Waals surface area contributed by atoms with E-state index < -0.39 is 17.7 Å². The molecule has 0 fully saturated rings. The van der Waals surface area contributed by atoms with Crippen molar-refractivity contribution in [2.45, 2.75) is 66.0 Å². The fourth-order valence-corrected chi connectivity index (χ4v) is 1.80. The highest BCUT2D eigenvalue weighted by Gasteiger charge is 2.29. The number of rotatable bonds is 6. The molecule has 0 radical (unpaired) electrons. The molecule has 2 atom stereocenters. The Bertz CT molecular complexity index is 324. The van der Waals surface area contributed by atoms with Crippen LogP contribution in [0.1, 0.15) is 54.4 Å². The van der Waals surface area contributed by atoms with Gasteiger partial charge in [0, 0.05) is 13.6 Å². The van der Waals surface area contributed by atoms with Crippen LogP contribution in [0.25, 0.3) is 0 Å². The summed E-state index contributed by atoms with van der Waals surface area (Å²) < 4.78 is 5.23. The molecular formula is C15H30N2O3. The van der Waals surface area contributed by atoms with Crippen molar-refractivity contribution in [3.63, 3.8) is 0 Å². The molecule has 20 heavy (non-hydrogen) atoms. The first kappa shape index (κ1) is 18.7. The normalized spacial score (nSPS) is 14.3. The first-order chi connectivity index (χ1) is 9.12. The summed E-state index contributed by atoms with van der Waals surface area (Å²) in [5.74, 6) is 0.00128. The first-order valence-corrected chi connectivity index (χ1v) is 7.36. The number of ether oxygens (including phenoxy) is 1. The quantitative estimate of drug-likeness (QED) is 0.817. The Balaban J connectivity index is 4.81. The lowest BCUT2D eigenvalue weighted by molar-refractivity contribution is -0.133. The summed E-state index contributed by atoms with van der Waals surface area (Å²) >= 11 is 0. The van der Waals surface area contributed by atoms with Gasteiger partial charge < -0.3 is 15.0 Å². The van der Waals surface area contributed by atoms with Crippen molar-refractivity contribution in [3.05, 3.63) is 0 Å². The molecule has 0 aliphatic carbocycles. The van der Waals surface area contributed by atoms with Crippen LogP contribution in [0.2, 0.25) is 0 Å². The highest BCUT2D eigenvalue weighted by Crippen LogP contribution is 2.13. The van der Waals surface area contributed by atoms with Crippen LogP contribution in [0, 0.1) is 5.92 Å². The average molecular weight is 286 g/mol. The summed E-state index contributed by atoms with van der Waals surface area (Å²) in [6, 6.07) is -0.536. The number of amides is 2. The van der Waals surface area contributed by atoms with Crippen molar-refractivity contribution >= 4 is 12.0 Å². The van der Waals surface area contributed by atoms with Crippen molar-refractivity contribution < 1.29 is 14.3 Å². The van der Waals surface area contributed by atoms with Gasteiger partial charge in [-0.2, -0.15) is 0 Å². The third-order valence-electron chi connectivity index (χ3n) is 3.09. The molecule has 0 saturated heterocycles. The zero-order valence-electron chi connectivity index (χ0n) is 13.9. The molecule has 0 aromatic carbocycles. The Morgan fingerprint density at radius 1 is 1.25 bits per heavy atom. The van der Waals surface area contributed by atoms with Crippen molar-refractivity contribution in [1.82, 2.24) is 10.2 Å². The van der Waals surface area contributed by atoms with E-state index in [1.165, 1.54) is 0 Å². The second kappa shape index (κ2) is 8.12. The maximum Gasteiger partial charge on any atom is 0.408 e. The molecule has 0 rings (SSSR count). The molecule has 0 spiro atoms. The summed E-state index contributed by atoms with van der Waals surface area (Å²) in [6.07, 6.45) is 1.16.